The van der Waals surface area contributed by atoms with Crippen LogP contribution in [0.5, 0.6) is 5.75 Å². The summed E-state index contributed by atoms with van der Waals surface area (Å²) in [6.45, 7) is -0.333. The van der Waals surface area contributed by atoms with Crippen LogP contribution in [0.4, 0.5) is 13.2 Å². The highest BCUT2D eigenvalue weighted by Crippen LogP contribution is 2.37. The van der Waals surface area contributed by atoms with E-state index < -0.39 is 26.5 Å². The number of benzene rings is 1. The van der Waals surface area contributed by atoms with Gasteiger partial charge < -0.3 is 4.74 Å². The molecule has 0 aromatic heterocycles. The van der Waals surface area contributed by atoms with E-state index in [1.807, 2.05) is 0 Å². The molecule has 1 aromatic rings. The normalized spacial score (nSPS) is 12.5. The van der Waals surface area contributed by atoms with Crippen molar-refractivity contribution in [3.05, 3.63) is 21.6 Å². The molecule has 0 amide bonds. The van der Waals surface area contributed by atoms with Crippen molar-refractivity contribution in [3.8, 4) is 5.75 Å². The minimum atomic E-state index is -4.30. The van der Waals surface area contributed by atoms with Gasteiger partial charge >= 0.3 is 6.18 Å². The summed E-state index contributed by atoms with van der Waals surface area (Å²) in [7, 11) is 1.09. The van der Waals surface area contributed by atoms with E-state index in [2.05, 4.69) is 15.9 Å². The molecule has 0 saturated carbocycles. The van der Waals surface area contributed by atoms with Gasteiger partial charge in [-0.3, -0.25) is 0 Å². The number of hydrogen-bond donors (Lipinski definition) is 0. The van der Waals surface area contributed by atoms with Gasteiger partial charge in [0, 0.05) is 21.6 Å². The Hall–Kier alpha value is -0.180. The van der Waals surface area contributed by atoms with E-state index in [-0.39, 0.29) is 23.8 Å². The van der Waals surface area contributed by atoms with Crippen molar-refractivity contribution >= 4 is 47.3 Å². The van der Waals surface area contributed by atoms with Gasteiger partial charge in [0.25, 0.3) is 9.05 Å². The van der Waals surface area contributed by atoms with Crippen LogP contribution in [0.2, 0.25) is 5.02 Å². The number of rotatable bonds is 5. The summed E-state index contributed by atoms with van der Waals surface area (Å²) in [5.74, 6) is -0.257. The van der Waals surface area contributed by atoms with E-state index in [1.165, 1.54) is 6.07 Å². The Labute approximate surface area is 131 Å². The average molecular weight is 416 g/mol. The third kappa shape index (κ3) is 5.67. The first kappa shape index (κ1) is 17.9. The fourth-order valence-electron chi connectivity index (χ4n) is 1.30. The van der Waals surface area contributed by atoms with Crippen molar-refractivity contribution in [1.82, 2.24) is 0 Å². The Kier molecular flexibility index (Phi) is 6.01. The lowest BCUT2D eigenvalue weighted by atomic mass is 10.3. The van der Waals surface area contributed by atoms with Crippen molar-refractivity contribution in [2.24, 2.45) is 0 Å². The van der Waals surface area contributed by atoms with Gasteiger partial charge in [-0.25, -0.2) is 8.42 Å². The molecule has 0 radical (unpaired) electrons. The molecule has 0 aliphatic heterocycles. The lowest BCUT2D eigenvalue weighted by molar-refractivity contribution is -0.136. The maximum absolute atomic E-state index is 12.0. The molecule has 0 saturated heterocycles. The molecule has 0 atom stereocenters. The van der Waals surface area contributed by atoms with E-state index in [0.717, 1.165) is 6.07 Å². The summed E-state index contributed by atoms with van der Waals surface area (Å²) in [5.41, 5.74) is 0. The summed E-state index contributed by atoms with van der Waals surface area (Å²) in [4.78, 5) is -0.398. The highest BCUT2D eigenvalue weighted by Gasteiger charge is 2.26. The van der Waals surface area contributed by atoms with E-state index in [9.17, 15) is 21.6 Å². The van der Waals surface area contributed by atoms with Crippen LogP contribution in [0.15, 0.2) is 21.5 Å². The second-order valence-corrected chi connectivity index (χ2v) is 7.58. The third-order valence-electron chi connectivity index (χ3n) is 2.09. The van der Waals surface area contributed by atoms with Gasteiger partial charge in [0.05, 0.1) is 11.6 Å². The van der Waals surface area contributed by atoms with E-state index in [1.54, 1.807) is 0 Å². The van der Waals surface area contributed by atoms with Gasteiger partial charge in [-0.1, -0.05) is 27.5 Å². The van der Waals surface area contributed by atoms with Crippen molar-refractivity contribution in [2.45, 2.75) is 23.9 Å². The molecule has 0 N–H and O–H groups in total. The van der Waals surface area contributed by atoms with Crippen LogP contribution in [-0.4, -0.2) is 21.2 Å². The van der Waals surface area contributed by atoms with Crippen molar-refractivity contribution < 1.29 is 26.3 Å². The predicted octanol–water partition coefficient (Wildman–Crippen LogP) is 4.75. The van der Waals surface area contributed by atoms with Crippen LogP contribution in [0, 0.1) is 0 Å². The minimum absolute atomic E-state index is 0.0643. The molecule has 0 spiro atoms. The largest absolute Gasteiger partial charge is 0.491 e. The van der Waals surface area contributed by atoms with E-state index in [0.29, 0.717) is 4.47 Å². The molecule has 20 heavy (non-hydrogen) atoms. The molecule has 0 aliphatic carbocycles. The SMILES string of the molecule is O=S(=O)(Cl)c1cc(Br)cc(Cl)c1OCCCC(F)(F)F. The zero-order chi connectivity index (χ0) is 15.6. The molecule has 1 rings (SSSR count). The number of alkyl halides is 3. The monoisotopic (exact) mass is 414 g/mol. The first-order chi connectivity index (χ1) is 9.00. The van der Waals surface area contributed by atoms with Crippen LogP contribution < -0.4 is 4.74 Å². The topological polar surface area (TPSA) is 43.4 Å². The quantitative estimate of drug-likeness (QED) is 0.514. The summed E-state index contributed by atoms with van der Waals surface area (Å²) >= 11 is 8.84. The smallest absolute Gasteiger partial charge is 0.389 e. The predicted molar refractivity (Wildman–Crippen MR) is 73.0 cm³/mol. The first-order valence-electron chi connectivity index (χ1n) is 5.14. The Morgan fingerprint density at radius 1 is 1.30 bits per heavy atom. The number of halogens is 6. The van der Waals surface area contributed by atoms with Gasteiger partial charge in [0.2, 0.25) is 0 Å². The van der Waals surface area contributed by atoms with Crippen LogP contribution in [0.1, 0.15) is 12.8 Å². The van der Waals surface area contributed by atoms with Crippen molar-refractivity contribution in [1.29, 1.82) is 0 Å². The Morgan fingerprint density at radius 2 is 1.90 bits per heavy atom. The lowest BCUT2D eigenvalue weighted by Gasteiger charge is -2.12. The maximum atomic E-state index is 12.0. The first-order valence-corrected chi connectivity index (χ1v) is 8.62. The van der Waals surface area contributed by atoms with Gasteiger partial charge in [0.1, 0.15) is 4.90 Å². The molecule has 0 heterocycles. The second kappa shape index (κ2) is 6.72. The van der Waals surface area contributed by atoms with Gasteiger partial charge in [-0.2, -0.15) is 13.2 Å². The summed E-state index contributed by atoms with van der Waals surface area (Å²) in [5, 5.41) is -0.0643. The van der Waals surface area contributed by atoms with E-state index >= 15 is 0 Å². The lowest BCUT2D eigenvalue weighted by Crippen LogP contribution is -2.10. The van der Waals surface area contributed by atoms with Crippen LogP contribution in [0.25, 0.3) is 0 Å². The summed E-state index contributed by atoms with van der Waals surface area (Å²) < 4.78 is 64.1. The third-order valence-corrected chi connectivity index (χ3v) is 4.15. The molecule has 0 unspecified atom stereocenters. The van der Waals surface area contributed by atoms with Crippen LogP contribution in [0.3, 0.4) is 0 Å². The molecule has 0 bridgehead atoms. The maximum Gasteiger partial charge on any atom is 0.389 e. The molecule has 10 heteroatoms. The van der Waals surface area contributed by atoms with Gasteiger partial charge in [-0.05, 0) is 18.6 Å². The van der Waals surface area contributed by atoms with Crippen LogP contribution >= 0.6 is 38.2 Å². The number of ether oxygens (including phenoxy) is 1. The molecular formula is C10H8BrCl2F3O3S. The zero-order valence-electron chi connectivity index (χ0n) is 9.68. The molecule has 3 nitrogen and oxygen atoms in total. The Balaban J connectivity index is 2.90. The minimum Gasteiger partial charge on any atom is -0.491 e. The molecule has 0 aliphatic rings. The second-order valence-electron chi connectivity index (χ2n) is 3.72. The fourth-order valence-corrected chi connectivity index (χ4v) is 3.38. The van der Waals surface area contributed by atoms with Gasteiger partial charge in [0.15, 0.2) is 5.75 Å². The highest BCUT2D eigenvalue weighted by atomic mass is 79.9. The fraction of sp³-hybridized carbons (Fsp3) is 0.400. The Morgan fingerprint density at radius 3 is 2.40 bits per heavy atom. The zero-order valence-corrected chi connectivity index (χ0v) is 13.6. The molecule has 0 fully saturated rings. The van der Waals surface area contributed by atoms with Crippen molar-refractivity contribution in [3.63, 3.8) is 0 Å². The number of hydrogen-bond acceptors (Lipinski definition) is 3. The van der Waals surface area contributed by atoms with Crippen molar-refractivity contribution in [2.75, 3.05) is 6.61 Å². The van der Waals surface area contributed by atoms with Crippen LogP contribution in [-0.2, 0) is 9.05 Å². The highest BCUT2D eigenvalue weighted by molar-refractivity contribution is 9.10. The molecule has 1 aromatic carbocycles. The summed E-state index contributed by atoms with van der Waals surface area (Å²) in [6, 6.07) is 2.51. The summed E-state index contributed by atoms with van der Waals surface area (Å²) in [6.07, 6.45) is -5.66. The van der Waals surface area contributed by atoms with E-state index in [4.69, 9.17) is 27.0 Å². The standard InChI is InChI=1S/C10H8BrCl2F3O3S/c11-6-4-7(12)9(8(5-6)20(13,17)18)19-3-1-2-10(14,15)16/h4-5H,1-3H2. The molecule has 114 valence electrons. The average Bonchev–Trinajstić information content (AvgIpc) is 2.23. The molecular weight excluding hydrogens is 408 g/mol. The van der Waals surface area contributed by atoms with Gasteiger partial charge in [-0.15, -0.1) is 0 Å². The Bertz CT molecular complexity index is 590.